The minimum Gasteiger partial charge on any atom is -0.494 e. The molecule has 198 valence electrons. The van der Waals surface area contributed by atoms with Crippen molar-refractivity contribution >= 4 is 22.4 Å². The van der Waals surface area contributed by atoms with Gasteiger partial charge in [0, 0.05) is 29.5 Å². The predicted octanol–water partition coefficient (Wildman–Crippen LogP) is 7.28. The van der Waals surface area contributed by atoms with Crippen LogP contribution in [0.15, 0.2) is 84.9 Å². The van der Waals surface area contributed by atoms with Crippen LogP contribution in [0.5, 0.6) is 5.75 Å². The van der Waals surface area contributed by atoms with E-state index in [1.807, 2.05) is 12.1 Å². The highest BCUT2D eigenvalue weighted by molar-refractivity contribution is 6.31. The van der Waals surface area contributed by atoms with E-state index in [2.05, 4.69) is 59.9 Å². The molecule has 6 heteroatoms. The van der Waals surface area contributed by atoms with E-state index in [1.54, 1.807) is 12.1 Å². The second-order valence-electron chi connectivity index (χ2n) is 9.65. The highest BCUT2D eigenvalue weighted by Gasteiger charge is 2.27. The Balaban J connectivity index is 1.08. The summed E-state index contributed by atoms with van der Waals surface area (Å²) in [4.78, 5) is 0. The van der Waals surface area contributed by atoms with E-state index in [4.69, 9.17) is 25.8 Å². The van der Waals surface area contributed by atoms with Crippen LogP contribution in [0.4, 0.5) is 4.39 Å². The van der Waals surface area contributed by atoms with E-state index in [1.165, 1.54) is 28.0 Å². The third kappa shape index (κ3) is 6.91. The Kier molecular flexibility index (Phi) is 9.26. The molecule has 1 heterocycles. The van der Waals surface area contributed by atoms with Gasteiger partial charge in [-0.2, -0.15) is 0 Å². The van der Waals surface area contributed by atoms with Crippen LogP contribution in [-0.4, -0.2) is 32.4 Å². The summed E-state index contributed by atoms with van der Waals surface area (Å²) in [6.45, 7) is 3.56. The van der Waals surface area contributed by atoms with E-state index in [0.717, 1.165) is 25.3 Å². The molecule has 38 heavy (non-hydrogen) atoms. The number of ether oxygens (including phenoxy) is 3. The lowest BCUT2D eigenvalue weighted by molar-refractivity contribution is 0.0106. The van der Waals surface area contributed by atoms with Crippen molar-refractivity contribution in [3.05, 3.63) is 112 Å². The zero-order valence-corrected chi connectivity index (χ0v) is 22.1. The van der Waals surface area contributed by atoms with Crippen LogP contribution in [0.25, 0.3) is 10.8 Å². The number of fused-ring (bicyclic) bond motifs is 1. The molecule has 1 N–H and O–H groups in total. The third-order valence-corrected chi connectivity index (χ3v) is 7.38. The number of nitrogens with one attached hydrogen (secondary N) is 1. The first-order chi connectivity index (χ1) is 18.7. The van der Waals surface area contributed by atoms with Gasteiger partial charge < -0.3 is 19.5 Å². The first-order valence-corrected chi connectivity index (χ1v) is 13.6. The SMILES string of the molecule is Fc1cccc(Cl)c1COCCCOc1ccc(C2CCNCC2OCc2ccc3ccccc3c2)cc1. The maximum Gasteiger partial charge on any atom is 0.130 e. The molecule has 4 aromatic carbocycles. The smallest absolute Gasteiger partial charge is 0.130 e. The van der Waals surface area contributed by atoms with Crippen molar-refractivity contribution in [3.8, 4) is 5.75 Å². The van der Waals surface area contributed by atoms with Gasteiger partial charge in [-0.25, -0.2) is 4.39 Å². The van der Waals surface area contributed by atoms with Crippen molar-refractivity contribution in [2.45, 2.75) is 38.1 Å². The molecular formula is C32H33ClFNO3. The van der Waals surface area contributed by atoms with Crippen LogP contribution in [-0.2, 0) is 22.7 Å². The Bertz CT molecular complexity index is 1310. The Morgan fingerprint density at radius 3 is 2.55 bits per heavy atom. The topological polar surface area (TPSA) is 39.7 Å². The summed E-state index contributed by atoms with van der Waals surface area (Å²) in [5.74, 6) is 0.821. The molecule has 0 aromatic heterocycles. The standard InChI is InChI=1S/C32H33ClFNO3/c33-30-7-3-8-31(34)29(30)22-36-17-4-18-37-27-13-11-25(12-14-27)28-15-16-35-20-32(28)38-21-23-9-10-24-5-1-2-6-26(24)19-23/h1-3,5-14,19,28,32,35H,4,15-18,20-22H2. The van der Waals surface area contributed by atoms with Gasteiger partial charge in [0.1, 0.15) is 11.6 Å². The monoisotopic (exact) mass is 533 g/mol. The summed E-state index contributed by atoms with van der Waals surface area (Å²) in [7, 11) is 0. The molecule has 0 saturated carbocycles. The quantitative estimate of drug-likeness (QED) is 0.206. The molecule has 1 saturated heterocycles. The maximum atomic E-state index is 13.8. The van der Waals surface area contributed by atoms with Crippen LogP contribution in [0.1, 0.15) is 35.4 Å². The number of benzene rings is 4. The normalized spacial score (nSPS) is 17.5. The summed E-state index contributed by atoms with van der Waals surface area (Å²) >= 11 is 6.04. The molecule has 0 bridgehead atoms. The van der Waals surface area contributed by atoms with Gasteiger partial charge in [0.25, 0.3) is 0 Å². The van der Waals surface area contributed by atoms with Gasteiger partial charge in [-0.1, -0.05) is 66.2 Å². The fourth-order valence-corrected chi connectivity index (χ4v) is 5.14. The molecule has 2 unspecified atom stereocenters. The maximum absolute atomic E-state index is 13.8. The number of hydrogen-bond acceptors (Lipinski definition) is 4. The second kappa shape index (κ2) is 13.2. The van der Waals surface area contributed by atoms with Gasteiger partial charge >= 0.3 is 0 Å². The molecule has 0 radical (unpaired) electrons. The molecule has 0 amide bonds. The molecule has 4 nitrogen and oxygen atoms in total. The average molecular weight is 534 g/mol. The zero-order chi connectivity index (χ0) is 26.2. The van der Waals surface area contributed by atoms with E-state index >= 15 is 0 Å². The van der Waals surface area contributed by atoms with Crippen LogP contribution >= 0.6 is 11.6 Å². The molecule has 1 aliphatic heterocycles. The number of hydrogen-bond donors (Lipinski definition) is 1. The number of rotatable bonds is 11. The molecule has 4 aromatic rings. The minimum absolute atomic E-state index is 0.113. The van der Waals surface area contributed by atoms with Gasteiger partial charge in [0.05, 0.1) is 32.5 Å². The largest absolute Gasteiger partial charge is 0.494 e. The van der Waals surface area contributed by atoms with Gasteiger partial charge in [-0.3, -0.25) is 0 Å². The van der Waals surface area contributed by atoms with Crippen molar-refractivity contribution in [1.29, 1.82) is 0 Å². The first kappa shape index (κ1) is 26.6. The summed E-state index contributed by atoms with van der Waals surface area (Å²) in [5.41, 5.74) is 2.85. The van der Waals surface area contributed by atoms with Crippen LogP contribution in [0.3, 0.4) is 0 Å². The Morgan fingerprint density at radius 1 is 0.868 bits per heavy atom. The van der Waals surface area contributed by atoms with Gasteiger partial charge in [0.15, 0.2) is 0 Å². The summed E-state index contributed by atoms with van der Waals surface area (Å²) in [6.07, 6.45) is 1.85. The predicted molar refractivity (Wildman–Crippen MR) is 150 cm³/mol. The Hall–Kier alpha value is -2.96. The number of halogens is 2. The van der Waals surface area contributed by atoms with Crippen molar-refractivity contribution in [3.63, 3.8) is 0 Å². The molecule has 0 spiro atoms. The average Bonchev–Trinajstić information content (AvgIpc) is 2.95. The lowest BCUT2D eigenvalue weighted by Gasteiger charge is -2.32. The van der Waals surface area contributed by atoms with Crippen molar-refractivity contribution < 1.29 is 18.6 Å². The van der Waals surface area contributed by atoms with Gasteiger partial charge in [-0.05, 0) is 65.2 Å². The summed E-state index contributed by atoms with van der Waals surface area (Å²) in [6, 6.07) is 27.9. The van der Waals surface area contributed by atoms with Crippen molar-refractivity contribution in [2.75, 3.05) is 26.3 Å². The van der Waals surface area contributed by atoms with E-state index in [-0.39, 0.29) is 18.5 Å². The zero-order valence-electron chi connectivity index (χ0n) is 21.4. The lowest BCUT2D eigenvalue weighted by atomic mass is 9.87. The van der Waals surface area contributed by atoms with Crippen LogP contribution in [0, 0.1) is 5.82 Å². The molecule has 1 aliphatic rings. The van der Waals surface area contributed by atoms with Crippen LogP contribution in [0.2, 0.25) is 5.02 Å². The van der Waals surface area contributed by atoms with Gasteiger partial charge in [0.2, 0.25) is 0 Å². The summed E-state index contributed by atoms with van der Waals surface area (Å²) in [5, 5.41) is 6.35. The first-order valence-electron chi connectivity index (χ1n) is 13.2. The molecule has 0 aliphatic carbocycles. The summed E-state index contributed by atoms with van der Waals surface area (Å²) < 4.78 is 31.7. The van der Waals surface area contributed by atoms with E-state index in [0.29, 0.717) is 42.7 Å². The molecular weight excluding hydrogens is 501 g/mol. The van der Waals surface area contributed by atoms with E-state index in [9.17, 15) is 4.39 Å². The van der Waals surface area contributed by atoms with Crippen LogP contribution < -0.4 is 10.1 Å². The van der Waals surface area contributed by atoms with Gasteiger partial charge in [-0.15, -0.1) is 0 Å². The highest BCUT2D eigenvalue weighted by atomic mass is 35.5. The molecule has 5 rings (SSSR count). The highest BCUT2D eigenvalue weighted by Crippen LogP contribution is 2.30. The Morgan fingerprint density at radius 2 is 1.71 bits per heavy atom. The van der Waals surface area contributed by atoms with Crippen molar-refractivity contribution in [2.24, 2.45) is 0 Å². The third-order valence-electron chi connectivity index (χ3n) is 7.02. The second-order valence-corrected chi connectivity index (χ2v) is 10.1. The molecule has 1 fully saturated rings. The minimum atomic E-state index is -0.344. The van der Waals surface area contributed by atoms with E-state index < -0.39 is 0 Å². The lowest BCUT2D eigenvalue weighted by Crippen LogP contribution is -2.40. The fourth-order valence-electron chi connectivity index (χ4n) is 4.92. The fraction of sp³-hybridized carbons (Fsp3) is 0.312. The van der Waals surface area contributed by atoms with Crippen molar-refractivity contribution in [1.82, 2.24) is 5.32 Å². The Labute approximate surface area is 228 Å². The molecule has 2 atom stereocenters. The number of piperidine rings is 1.